The maximum Gasteiger partial charge on any atom is 0.433 e. The molecule has 0 saturated heterocycles. The van der Waals surface area contributed by atoms with E-state index in [4.69, 9.17) is 5.73 Å². The first-order valence-corrected chi connectivity index (χ1v) is 10.1. The second-order valence-corrected chi connectivity index (χ2v) is 8.47. The summed E-state index contributed by atoms with van der Waals surface area (Å²) in [4.78, 5) is 11.9. The highest BCUT2D eigenvalue weighted by atomic mass is 19.4. The summed E-state index contributed by atoms with van der Waals surface area (Å²) in [6.07, 6.45) is -6.48. The topological polar surface area (TPSA) is 87.7 Å². The van der Waals surface area contributed by atoms with Crippen molar-refractivity contribution < 1.29 is 30.7 Å². The fourth-order valence-corrected chi connectivity index (χ4v) is 4.22. The molecule has 0 bridgehead atoms. The number of nitrogens with two attached hydrogens (primary N) is 1. The molecule has 3 atom stereocenters. The highest BCUT2D eigenvalue weighted by molar-refractivity contribution is 6.09. The molecule has 0 radical (unpaired) electrons. The predicted molar refractivity (Wildman–Crippen MR) is 101 cm³/mol. The van der Waals surface area contributed by atoms with Gasteiger partial charge in [-0.1, -0.05) is 6.07 Å². The van der Waals surface area contributed by atoms with E-state index in [1.807, 2.05) is 0 Å². The number of rotatable bonds is 3. The van der Waals surface area contributed by atoms with Gasteiger partial charge in [-0.25, -0.2) is 32.5 Å². The van der Waals surface area contributed by atoms with Gasteiger partial charge in [-0.15, -0.1) is 0 Å². The summed E-state index contributed by atoms with van der Waals surface area (Å²) >= 11 is 0. The average Bonchev–Trinajstić information content (AvgIpc) is 3.22. The van der Waals surface area contributed by atoms with Crippen LogP contribution in [-0.2, 0) is 6.18 Å². The van der Waals surface area contributed by atoms with E-state index in [1.165, 1.54) is 6.07 Å². The molecule has 0 aromatic carbocycles. The molecule has 4 N–H and O–H groups in total. The number of hydrogen-bond acceptors (Lipinski definition) is 4. The van der Waals surface area contributed by atoms with Crippen molar-refractivity contribution in [2.24, 2.45) is 21.6 Å². The molecule has 176 valence electrons. The Labute approximate surface area is 178 Å². The lowest BCUT2D eigenvalue weighted by molar-refractivity contribution is -0.141. The zero-order valence-corrected chi connectivity index (χ0v) is 16.7. The molecule has 2 heterocycles. The smallest absolute Gasteiger partial charge is 0.319 e. The molecule has 32 heavy (non-hydrogen) atoms. The summed E-state index contributed by atoms with van der Waals surface area (Å²) in [6, 6.07) is 2.36. The number of alkyl halides is 7. The van der Waals surface area contributed by atoms with Crippen LogP contribution in [0.3, 0.4) is 0 Å². The highest BCUT2D eigenvalue weighted by Gasteiger charge is 2.50. The average molecular weight is 466 g/mol. The van der Waals surface area contributed by atoms with Crippen LogP contribution in [0.4, 0.5) is 30.7 Å². The Morgan fingerprint density at radius 3 is 2.31 bits per heavy atom. The first-order chi connectivity index (χ1) is 14.7. The maximum atomic E-state index is 13.8. The first-order valence-electron chi connectivity index (χ1n) is 10.1. The fourth-order valence-electron chi connectivity index (χ4n) is 4.22. The largest absolute Gasteiger partial charge is 0.433 e. The van der Waals surface area contributed by atoms with Crippen LogP contribution in [-0.4, -0.2) is 40.5 Å². The maximum absolute atomic E-state index is 13.8. The summed E-state index contributed by atoms with van der Waals surface area (Å²) in [7, 11) is 0. The quantitative estimate of drug-likeness (QED) is 0.594. The molecule has 2 saturated carbocycles. The third kappa shape index (κ3) is 4.81. The van der Waals surface area contributed by atoms with Crippen LogP contribution in [0, 0.1) is 5.92 Å². The van der Waals surface area contributed by atoms with Gasteiger partial charge in [0.05, 0.1) is 6.04 Å². The zero-order chi connectivity index (χ0) is 23.4. The number of amidine groups is 1. The van der Waals surface area contributed by atoms with E-state index in [9.17, 15) is 30.7 Å². The lowest BCUT2D eigenvalue weighted by Crippen LogP contribution is -2.66. The van der Waals surface area contributed by atoms with Crippen molar-refractivity contribution >= 4 is 11.8 Å². The predicted octanol–water partition coefficient (Wildman–Crippen LogP) is 3.63. The highest BCUT2D eigenvalue weighted by Crippen LogP contribution is 2.43. The Bertz CT molecular complexity index is 944. The molecule has 0 spiro atoms. The van der Waals surface area contributed by atoms with E-state index in [2.05, 4.69) is 25.6 Å². The Hall–Kier alpha value is -2.44. The van der Waals surface area contributed by atoms with Crippen LogP contribution >= 0.6 is 0 Å². The molecular weight excluding hydrogens is 445 g/mol. The minimum absolute atomic E-state index is 0.0120. The van der Waals surface area contributed by atoms with Gasteiger partial charge in [0.2, 0.25) is 11.8 Å². The number of hydrogen-bond donors (Lipinski definition) is 3. The lowest BCUT2D eigenvalue weighted by atomic mass is 9.98. The van der Waals surface area contributed by atoms with Gasteiger partial charge in [0.15, 0.2) is 17.6 Å². The molecule has 3 aliphatic rings. The van der Waals surface area contributed by atoms with Crippen LogP contribution in [0.5, 0.6) is 0 Å². The molecule has 2 aliphatic carbocycles. The van der Waals surface area contributed by atoms with E-state index in [-0.39, 0.29) is 36.8 Å². The summed E-state index contributed by atoms with van der Waals surface area (Å²) in [6.45, 7) is 0. The second kappa shape index (κ2) is 7.56. The van der Waals surface area contributed by atoms with Crippen molar-refractivity contribution in [1.29, 1.82) is 0 Å². The normalized spacial score (nSPS) is 33.0. The fraction of sp³-hybridized carbons (Fsp3) is 0.632. The Morgan fingerprint density at radius 1 is 1.03 bits per heavy atom. The number of nitrogens with one attached hydrogen (secondary N) is 2. The standard InChI is InChI=1S/C19H21F7N6/c20-16(21)6-4-10(8-16)19(27)31-14(12-2-1-3-13(29-12)18(24,25)26)30-15(32-19)28-11-5-7-17(22,23)9-11/h1-3,10-11H,4-9,27H2,(H2,28,30,31,32)/t10-,11-,19?/m1/s1. The van der Waals surface area contributed by atoms with Crippen LogP contribution in [0.2, 0.25) is 0 Å². The molecule has 6 nitrogen and oxygen atoms in total. The molecule has 1 aliphatic heterocycles. The van der Waals surface area contributed by atoms with Gasteiger partial charge in [0.25, 0.3) is 0 Å². The van der Waals surface area contributed by atoms with Crippen molar-refractivity contribution in [3.05, 3.63) is 29.6 Å². The van der Waals surface area contributed by atoms with Crippen LogP contribution in [0.1, 0.15) is 49.9 Å². The van der Waals surface area contributed by atoms with Gasteiger partial charge in [0.1, 0.15) is 11.4 Å². The third-order valence-corrected chi connectivity index (χ3v) is 5.85. The number of halogens is 7. The van der Waals surface area contributed by atoms with Crippen molar-refractivity contribution in [1.82, 2.24) is 15.6 Å². The summed E-state index contributed by atoms with van der Waals surface area (Å²) in [5, 5.41) is 5.36. The van der Waals surface area contributed by atoms with E-state index >= 15 is 0 Å². The van der Waals surface area contributed by atoms with Crippen molar-refractivity contribution in [2.45, 2.75) is 68.4 Å². The van der Waals surface area contributed by atoms with Crippen LogP contribution in [0.15, 0.2) is 28.2 Å². The van der Waals surface area contributed by atoms with Gasteiger partial charge >= 0.3 is 6.18 Å². The van der Waals surface area contributed by atoms with E-state index in [1.54, 1.807) is 0 Å². The van der Waals surface area contributed by atoms with E-state index < -0.39 is 60.7 Å². The van der Waals surface area contributed by atoms with Crippen LogP contribution in [0.25, 0.3) is 0 Å². The van der Waals surface area contributed by atoms with Gasteiger partial charge in [-0.05, 0) is 25.0 Å². The Balaban J connectivity index is 1.70. The minimum Gasteiger partial charge on any atom is -0.319 e. The van der Waals surface area contributed by atoms with Gasteiger partial charge < -0.3 is 10.6 Å². The number of aliphatic imine (C=N–C) groups is 2. The molecule has 1 unspecified atom stereocenters. The monoisotopic (exact) mass is 466 g/mol. The summed E-state index contributed by atoms with van der Waals surface area (Å²) in [5.74, 6) is -8.85. The van der Waals surface area contributed by atoms with Crippen molar-refractivity contribution in [3.63, 3.8) is 0 Å². The van der Waals surface area contributed by atoms with Crippen molar-refractivity contribution in [3.8, 4) is 0 Å². The molecule has 0 amide bonds. The number of pyridine rings is 1. The lowest BCUT2D eigenvalue weighted by Gasteiger charge is -2.38. The van der Waals surface area contributed by atoms with Gasteiger partial charge in [0, 0.05) is 31.6 Å². The molecule has 13 heteroatoms. The van der Waals surface area contributed by atoms with Crippen LogP contribution < -0.4 is 16.4 Å². The molecule has 1 aromatic heterocycles. The molecule has 4 rings (SSSR count). The van der Waals surface area contributed by atoms with E-state index in [0.29, 0.717) is 0 Å². The molecule has 1 aromatic rings. The van der Waals surface area contributed by atoms with E-state index in [0.717, 1.165) is 12.1 Å². The van der Waals surface area contributed by atoms with Gasteiger partial charge in [-0.3, -0.25) is 5.73 Å². The zero-order valence-electron chi connectivity index (χ0n) is 16.7. The number of guanidine groups is 1. The third-order valence-electron chi connectivity index (χ3n) is 5.85. The Morgan fingerprint density at radius 2 is 1.72 bits per heavy atom. The Kier molecular flexibility index (Phi) is 5.37. The first kappa shape index (κ1) is 22.7. The second-order valence-electron chi connectivity index (χ2n) is 8.47. The molecule has 2 fully saturated rings. The number of aromatic nitrogens is 1. The van der Waals surface area contributed by atoms with Crippen molar-refractivity contribution in [2.75, 3.05) is 0 Å². The summed E-state index contributed by atoms with van der Waals surface area (Å²) in [5.41, 5.74) is 4.89. The van der Waals surface area contributed by atoms with Gasteiger partial charge in [-0.2, -0.15) is 13.2 Å². The SMILES string of the molecule is NC1([C@@H]2CCC(F)(F)C2)N=C(c2cccc(C(F)(F)F)n2)NC(=N[C@@H]2CCC(F)(F)C2)N1. The molecular formula is C19H21F7N6. The number of nitrogens with zero attached hydrogens (tertiary/aromatic N) is 3. The minimum atomic E-state index is -4.72. The summed E-state index contributed by atoms with van der Waals surface area (Å²) < 4.78 is 94.1.